The molecule has 2 heterocycles. The van der Waals surface area contributed by atoms with Crippen molar-refractivity contribution < 1.29 is 14.3 Å². The van der Waals surface area contributed by atoms with Gasteiger partial charge in [0.1, 0.15) is 17.0 Å². The number of thiophene rings is 1. The number of ether oxygens (including phenoxy) is 1. The number of nitrogens with two attached hydrogens (primary N) is 3. The van der Waals surface area contributed by atoms with Crippen molar-refractivity contribution in [2.45, 2.75) is 30.6 Å². The molecule has 9 heteroatoms. The first kappa shape index (κ1) is 28.2. The van der Waals surface area contributed by atoms with Crippen molar-refractivity contribution in [2.24, 2.45) is 11.5 Å². The van der Waals surface area contributed by atoms with Crippen molar-refractivity contribution in [2.75, 3.05) is 18.8 Å². The van der Waals surface area contributed by atoms with E-state index in [1.54, 1.807) is 36.4 Å². The molecule has 1 aromatic heterocycles. The van der Waals surface area contributed by atoms with Gasteiger partial charge < -0.3 is 27.3 Å². The summed E-state index contributed by atoms with van der Waals surface area (Å²) < 4.78 is 6.65. The standard InChI is InChI=1S/C35H33N5O3S/c36-27-16-15-26-28-29(30(37)33(41)35(26,38)22-11-13-25(14-12-22)43-24-9-5-2-6-10-24)32(44-31(27)28)34(42)39-23-17-18-40(20-23)19-21-7-3-1-4-8-21/h1-16,23,30H,17-20,36-38H2,(H,39,42). The number of nitrogen functional groups attached to an aromatic ring is 1. The zero-order valence-corrected chi connectivity index (χ0v) is 24.8. The van der Waals surface area contributed by atoms with Gasteiger partial charge in [0.05, 0.1) is 15.6 Å². The second kappa shape index (κ2) is 11.2. The average molecular weight is 604 g/mol. The highest BCUT2D eigenvalue weighted by molar-refractivity contribution is 7.21. The number of benzene rings is 4. The van der Waals surface area contributed by atoms with Crippen molar-refractivity contribution in [1.29, 1.82) is 0 Å². The van der Waals surface area contributed by atoms with Gasteiger partial charge in [-0.1, -0.05) is 66.7 Å². The van der Waals surface area contributed by atoms with E-state index in [0.29, 0.717) is 48.8 Å². The lowest BCUT2D eigenvalue weighted by Crippen LogP contribution is -2.52. The lowest BCUT2D eigenvalue weighted by atomic mass is 9.70. The molecule has 0 spiro atoms. The van der Waals surface area contributed by atoms with Gasteiger partial charge in [0.2, 0.25) is 0 Å². The Morgan fingerprint density at radius 2 is 1.64 bits per heavy atom. The number of nitrogens with zero attached hydrogens (tertiary/aromatic N) is 1. The minimum absolute atomic E-state index is 0.0128. The summed E-state index contributed by atoms with van der Waals surface area (Å²) in [6.07, 6.45) is 0.840. The van der Waals surface area contributed by atoms with Gasteiger partial charge >= 0.3 is 0 Å². The second-order valence-electron chi connectivity index (χ2n) is 11.5. The van der Waals surface area contributed by atoms with Crippen LogP contribution < -0.4 is 27.3 Å². The summed E-state index contributed by atoms with van der Waals surface area (Å²) >= 11 is 1.27. The van der Waals surface area contributed by atoms with Crippen LogP contribution in [0.2, 0.25) is 0 Å². The molecule has 1 amide bonds. The second-order valence-corrected chi connectivity index (χ2v) is 12.5. The van der Waals surface area contributed by atoms with E-state index >= 15 is 0 Å². The van der Waals surface area contributed by atoms with Gasteiger partial charge in [-0.3, -0.25) is 14.5 Å². The number of amides is 1. The lowest BCUT2D eigenvalue weighted by Gasteiger charge is -2.36. The van der Waals surface area contributed by atoms with E-state index in [1.165, 1.54) is 16.9 Å². The Hall–Kier alpha value is -4.54. The number of rotatable bonds is 7. The van der Waals surface area contributed by atoms with Crippen LogP contribution in [0.3, 0.4) is 0 Å². The number of hydrogen-bond donors (Lipinski definition) is 4. The molecule has 1 aliphatic heterocycles. The zero-order valence-electron chi connectivity index (χ0n) is 24.0. The number of likely N-dealkylation sites (tertiary alicyclic amines) is 1. The molecule has 3 atom stereocenters. The third-order valence-corrected chi connectivity index (χ3v) is 9.92. The highest BCUT2D eigenvalue weighted by atomic mass is 32.1. The number of anilines is 1. The Morgan fingerprint density at radius 3 is 2.36 bits per heavy atom. The zero-order chi connectivity index (χ0) is 30.4. The van der Waals surface area contributed by atoms with E-state index < -0.39 is 11.6 Å². The monoisotopic (exact) mass is 603 g/mol. The normalized spacial score (nSPS) is 21.5. The predicted molar refractivity (Wildman–Crippen MR) is 174 cm³/mol. The van der Waals surface area contributed by atoms with Gasteiger partial charge in [-0.15, -0.1) is 11.3 Å². The molecule has 4 aromatic carbocycles. The molecule has 8 nitrogen and oxygen atoms in total. The molecule has 7 rings (SSSR count). The summed E-state index contributed by atoms with van der Waals surface area (Å²) in [6, 6.07) is 29.3. The van der Waals surface area contributed by atoms with E-state index in [0.717, 1.165) is 26.1 Å². The molecule has 5 aromatic rings. The molecule has 1 saturated heterocycles. The number of nitrogens with one attached hydrogen (secondary N) is 1. The molecule has 222 valence electrons. The Morgan fingerprint density at radius 1 is 0.955 bits per heavy atom. The first-order chi connectivity index (χ1) is 21.3. The van der Waals surface area contributed by atoms with Crippen LogP contribution in [0.25, 0.3) is 10.1 Å². The smallest absolute Gasteiger partial charge is 0.262 e. The van der Waals surface area contributed by atoms with Gasteiger partial charge in [-0.2, -0.15) is 0 Å². The fourth-order valence-electron chi connectivity index (χ4n) is 6.44. The number of ketones is 1. The molecular formula is C35H33N5O3S. The van der Waals surface area contributed by atoms with Crippen LogP contribution in [0.15, 0.2) is 97.1 Å². The van der Waals surface area contributed by atoms with Crippen molar-refractivity contribution in [3.05, 3.63) is 124 Å². The highest BCUT2D eigenvalue weighted by Gasteiger charge is 2.48. The van der Waals surface area contributed by atoms with E-state index in [4.69, 9.17) is 21.9 Å². The van der Waals surface area contributed by atoms with Crippen LogP contribution in [-0.4, -0.2) is 35.7 Å². The molecule has 1 aliphatic carbocycles. The van der Waals surface area contributed by atoms with E-state index in [2.05, 4.69) is 22.3 Å². The Balaban J connectivity index is 1.18. The van der Waals surface area contributed by atoms with Crippen LogP contribution in [0.5, 0.6) is 11.5 Å². The topological polar surface area (TPSA) is 137 Å². The lowest BCUT2D eigenvalue weighted by molar-refractivity contribution is -0.124. The average Bonchev–Trinajstić information content (AvgIpc) is 3.66. The predicted octanol–water partition coefficient (Wildman–Crippen LogP) is 5.06. The van der Waals surface area contributed by atoms with Crippen molar-refractivity contribution in [3.8, 4) is 11.5 Å². The third-order valence-electron chi connectivity index (χ3n) is 8.66. The molecule has 3 unspecified atom stereocenters. The maximum absolute atomic E-state index is 14.1. The van der Waals surface area contributed by atoms with Crippen LogP contribution in [0.1, 0.15) is 44.4 Å². The number of para-hydroxylation sites is 1. The first-order valence-electron chi connectivity index (χ1n) is 14.7. The summed E-state index contributed by atoms with van der Waals surface area (Å²) in [4.78, 5) is 30.6. The Labute approximate surface area is 259 Å². The minimum atomic E-state index is -1.53. The molecule has 2 aliphatic rings. The summed E-state index contributed by atoms with van der Waals surface area (Å²) in [5, 5.41) is 3.89. The largest absolute Gasteiger partial charge is 0.457 e. The SMILES string of the molecule is Nc1ccc2c3c(c(C(=O)NC4CCN(Cc5ccccc5)C4)sc13)C(N)C(=O)C2(N)c1ccc(Oc2ccccc2)cc1. The Kier molecular flexibility index (Phi) is 7.18. The molecule has 7 N–H and O–H groups in total. The van der Waals surface area contributed by atoms with E-state index in [9.17, 15) is 9.59 Å². The van der Waals surface area contributed by atoms with Crippen LogP contribution in [-0.2, 0) is 16.9 Å². The van der Waals surface area contributed by atoms with E-state index in [1.807, 2.05) is 48.5 Å². The van der Waals surface area contributed by atoms with Crippen molar-refractivity contribution >= 4 is 38.8 Å². The van der Waals surface area contributed by atoms with Gasteiger partial charge in [-0.05, 0) is 53.4 Å². The molecule has 44 heavy (non-hydrogen) atoms. The van der Waals surface area contributed by atoms with Crippen LogP contribution in [0, 0.1) is 0 Å². The van der Waals surface area contributed by atoms with Crippen LogP contribution in [0.4, 0.5) is 5.69 Å². The van der Waals surface area contributed by atoms with Crippen molar-refractivity contribution in [1.82, 2.24) is 10.2 Å². The maximum Gasteiger partial charge on any atom is 0.262 e. The summed E-state index contributed by atoms with van der Waals surface area (Å²) in [7, 11) is 0. The third kappa shape index (κ3) is 4.84. The molecule has 1 fully saturated rings. The summed E-state index contributed by atoms with van der Waals surface area (Å²) in [5.74, 6) is 0.695. The molecule has 0 saturated carbocycles. The van der Waals surface area contributed by atoms with Gasteiger partial charge in [0.15, 0.2) is 5.78 Å². The fourth-order valence-corrected chi connectivity index (χ4v) is 7.65. The quantitative estimate of drug-likeness (QED) is 0.191. The van der Waals surface area contributed by atoms with Gasteiger partial charge in [0.25, 0.3) is 5.91 Å². The molecular weight excluding hydrogens is 570 g/mol. The Bertz CT molecular complexity index is 1860. The number of carbonyl (C=O) groups excluding carboxylic acids is 2. The number of carbonyl (C=O) groups is 2. The fraction of sp³-hybridized carbons (Fsp3) is 0.200. The maximum atomic E-state index is 14.1. The summed E-state index contributed by atoms with van der Waals surface area (Å²) in [6.45, 7) is 2.47. The number of hydrogen-bond acceptors (Lipinski definition) is 8. The molecule has 0 bridgehead atoms. The van der Waals surface area contributed by atoms with E-state index in [-0.39, 0.29) is 17.7 Å². The van der Waals surface area contributed by atoms with Gasteiger partial charge in [-0.25, -0.2) is 0 Å². The first-order valence-corrected chi connectivity index (χ1v) is 15.5. The summed E-state index contributed by atoms with van der Waals surface area (Å²) in [5.41, 5.74) is 22.0. The van der Waals surface area contributed by atoms with Crippen LogP contribution >= 0.6 is 11.3 Å². The highest BCUT2D eigenvalue weighted by Crippen LogP contribution is 2.49. The number of Topliss-reactive ketones (excluding diaryl/α,β-unsaturated/α-hetero) is 1. The van der Waals surface area contributed by atoms with Crippen molar-refractivity contribution in [3.63, 3.8) is 0 Å². The van der Waals surface area contributed by atoms with Gasteiger partial charge in [0, 0.05) is 42.3 Å². The molecule has 0 radical (unpaired) electrons. The minimum Gasteiger partial charge on any atom is -0.457 e.